The second kappa shape index (κ2) is 17.8. The van der Waals surface area contributed by atoms with Crippen LogP contribution in [0, 0.1) is 0 Å². The fourth-order valence-corrected chi connectivity index (χ4v) is 3.24. The van der Waals surface area contributed by atoms with Crippen molar-refractivity contribution in [2.45, 2.75) is 121 Å². The normalized spacial score (nSPS) is 12.8. The SMILES string of the molecule is CCCCCCCCCCCCCCCCCC(C)I. The lowest BCUT2D eigenvalue weighted by molar-refractivity contribution is 0.530. The summed E-state index contributed by atoms with van der Waals surface area (Å²) < 4.78 is 0.870. The molecule has 0 aromatic heterocycles. The van der Waals surface area contributed by atoms with Crippen LogP contribution in [0.4, 0.5) is 0 Å². The highest BCUT2D eigenvalue weighted by Gasteiger charge is 1.96. The summed E-state index contributed by atoms with van der Waals surface area (Å²) >= 11 is 2.54. The highest BCUT2D eigenvalue weighted by Crippen LogP contribution is 2.15. The van der Waals surface area contributed by atoms with E-state index in [9.17, 15) is 0 Å². The van der Waals surface area contributed by atoms with E-state index in [0.717, 1.165) is 3.92 Å². The molecule has 0 aliphatic rings. The van der Waals surface area contributed by atoms with Crippen LogP contribution in [0.2, 0.25) is 0 Å². The van der Waals surface area contributed by atoms with E-state index >= 15 is 0 Å². The Morgan fingerprint density at radius 1 is 0.550 bits per heavy atom. The van der Waals surface area contributed by atoms with Crippen molar-refractivity contribution in [2.24, 2.45) is 0 Å². The molecule has 0 aliphatic carbocycles. The predicted molar refractivity (Wildman–Crippen MR) is 103 cm³/mol. The van der Waals surface area contributed by atoms with Gasteiger partial charge in [0.25, 0.3) is 0 Å². The molecule has 1 atom stereocenters. The van der Waals surface area contributed by atoms with Crippen LogP contribution in [-0.2, 0) is 0 Å². The van der Waals surface area contributed by atoms with Crippen LogP contribution in [-0.4, -0.2) is 3.92 Å². The average molecular weight is 394 g/mol. The third-order valence-electron chi connectivity index (χ3n) is 4.21. The predicted octanol–water partition coefficient (Wildman–Crippen LogP) is 8.07. The third-order valence-corrected chi connectivity index (χ3v) is 4.83. The molecule has 0 saturated carbocycles. The smallest absolute Gasteiger partial charge is 0.00813 e. The first-order chi connectivity index (χ1) is 9.77. The molecule has 1 heteroatoms. The van der Waals surface area contributed by atoms with E-state index in [1.807, 2.05) is 0 Å². The van der Waals surface area contributed by atoms with Gasteiger partial charge in [0.2, 0.25) is 0 Å². The van der Waals surface area contributed by atoms with Gasteiger partial charge in [-0.3, -0.25) is 0 Å². The molecule has 0 bridgehead atoms. The highest BCUT2D eigenvalue weighted by atomic mass is 127. The molecule has 0 N–H and O–H groups in total. The average Bonchev–Trinajstić information content (AvgIpc) is 2.43. The fourth-order valence-electron chi connectivity index (χ4n) is 2.80. The van der Waals surface area contributed by atoms with Crippen LogP contribution in [0.25, 0.3) is 0 Å². The minimum atomic E-state index is 0.870. The summed E-state index contributed by atoms with van der Waals surface area (Å²) in [4.78, 5) is 0. The van der Waals surface area contributed by atoms with Crippen LogP contribution in [0.3, 0.4) is 0 Å². The Morgan fingerprint density at radius 2 is 0.850 bits per heavy atom. The summed E-state index contributed by atoms with van der Waals surface area (Å²) in [6, 6.07) is 0. The van der Waals surface area contributed by atoms with Crippen LogP contribution < -0.4 is 0 Å². The first kappa shape index (κ1) is 20.7. The molecule has 1 unspecified atom stereocenters. The van der Waals surface area contributed by atoms with E-state index in [-0.39, 0.29) is 0 Å². The van der Waals surface area contributed by atoms with Crippen molar-refractivity contribution in [3.63, 3.8) is 0 Å². The lowest BCUT2D eigenvalue weighted by Crippen LogP contribution is -1.89. The van der Waals surface area contributed by atoms with Crippen LogP contribution >= 0.6 is 22.6 Å². The minimum absolute atomic E-state index is 0.870. The van der Waals surface area contributed by atoms with Gasteiger partial charge in [-0.1, -0.05) is 133 Å². The summed E-state index contributed by atoms with van der Waals surface area (Å²) in [5.74, 6) is 0. The van der Waals surface area contributed by atoms with Crippen LogP contribution in [0.15, 0.2) is 0 Å². The molecule has 0 spiro atoms. The van der Waals surface area contributed by atoms with Gasteiger partial charge in [-0.15, -0.1) is 0 Å². The van der Waals surface area contributed by atoms with Gasteiger partial charge >= 0.3 is 0 Å². The molecule has 0 fully saturated rings. The third kappa shape index (κ3) is 18.7. The topological polar surface area (TPSA) is 0 Å². The Balaban J connectivity index is 2.92. The lowest BCUT2D eigenvalue weighted by Gasteiger charge is -2.04. The summed E-state index contributed by atoms with van der Waals surface area (Å²) in [6.45, 7) is 4.62. The minimum Gasteiger partial charge on any atom is -0.0829 e. The van der Waals surface area contributed by atoms with Crippen molar-refractivity contribution in [1.82, 2.24) is 0 Å². The molecular weight excluding hydrogens is 355 g/mol. The summed E-state index contributed by atoms with van der Waals surface area (Å²) in [7, 11) is 0. The quantitative estimate of drug-likeness (QED) is 0.141. The summed E-state index contributed by atoms with van der Waals surface area (Å²) in [6.07, 6.45) is 23.4. The van der Waals surface area contributed by atoms with Crippen LogP contribution in [0.5, 0.6) is 0 Å². The second-order valence-corrected chi connectivity index (χ2v) is 8.65. The highest BCUT2D eigenvalue weighted by molar-refractivity contribution is 14.1. The van der Waals surface area contributed by atoms with Crippen molar-refractivity contribution in [1.29, 1.82) is 0 Å². The molecular formula is C19H39I. The molecule has 20 heavy (non-hydrogen) atoms. The zero-order valence-electron chi connectivity index (χ0n) is 14.3. The number of hydrogen-bond donors (Lipinski definition) is 0. The molecule has 0 nitrogen and oxygen atoms in total. The van der Waals surface area contributed by atoms with Gasteiger partial charge < -0.3 is 0 Å². The van der Waals surface area contributed by atoms with Gasteiger partial charge in [0, 0.05) is 3.92 Å². The van der Waals surface area contributed by atoms with Crippen LogP contribution in [0.1, 0.15) is 117 Å². The van der Waals surface area contributed by atoms with Crippen molar-refractivity contribution in [2.75, 3.05) is 0 Å². The number of unbranched alkanes of at least 4 members (excludes halogenated alkanes) is 14. The molecule has 0 aromatic carbocycles. The molecule has 0 aliphatic heterocycles. The Morgan fingerprint density at radius 3 is 1.15 bits per heavy atom. The van der Waals surface area contributed by atoms with E-state index in [1.54, 1.807) is 0 Å². The van der Waals surface area contributed by atoms with E-state index in [0.29, 0.717) is 0 Å². The first-order valence-corrected chi connectivity index (χ1v) is 10.7. The maximum Gasteiger partial charge on any atom is 0.00813 e. The number of rotatable bonds is 16. The Kier molecular flexibility index (Phi) is 18.4. The van der Waals surface area contributed by atoms with Crippen molar-refractivity contribution < 1.29 is 0 Å². The Labute approximate surface area is 143 Å². The van der Waals surface area contributed by atoms with E-state index in [1.165, 1.54) is 103 Å². The number of hydrogen-bond acceptors (Lipinski definition) is 0. The van der Waals surface area contributed by atoms with E-state index in [4.69, 9.17) is 0 Å². The second-order valence-electron chi connectivity index (χ2n) is 6.52. The van der Waals surface area contributed by atoms with Gasteiger partial charge in [-0.25, -0.2) is 0 Å². The van der Waals surface area contributed by atoms with Crippen molar-refractivity contribution in [3.05, 3.63) is 0 Å². The zero-order chi connectivity index (χ0) is 14.9. The van der Waals surface area contributed by atoms with Gasteiger partial charge in [0.05, 0.1) is 0 Å². The standard InChI is InChI=1S/C19H39I/c1-3-4-5-6-7-8-9-10-11-12-13-14-15-16-17-18-19(2)20/h19H,3-18H2,1-2H3. The molecule has 0 saturated heterocycles. The Bertz CT molecular complexity index is 165. The van der Waals surface area contributed by atoms with E-state index in [2.05, 4.69) is 36.4 Å². The summed E-state index contributed by atoms with van der Waals surface area (Å²) in [5.41, 5.74) is 0. The lowest BCUT2D eigenvalue weighted by atomic mass is 10.0. The van der Waals surface area contributed by atoms with E-state index < -0.39 is 0 Å². The number of halogens is 1. The Hall–Kier alpha value is 0.730. The fraction of sp³-hybridized carbons (Fsp3) is 1.00. The van der Waals surface area contributed by atoms with Crippen molar-refractivity contribution >= 4 is 22.6 Å². The van der Waals surface area contributed by atoms with Gasteiger partial charge in [0.1, 0.15) is 0 Å². The first-order valence-electron chi connectivity index (χ1n) is 9.41. The summed E-state index contributed by atoms with van der Waals surface area (Å²) in [5, 5.41) is 0. The monoisotopic (exact) mass is 394 g/mol. The molecule has 0 heterocycles. The van der Waals surface area contributed by atoms with Gasteiger partial charge in [-0.05, 0) is 6.42 Å². The van der Waals surface area contributed by atoms with Gasteiger partial charge in [0.15, 0.2) is 0 Å². The molecule has 0 rings (SSSR count). The molecule has 0 radical (unpaired) electrons. The molecule has 0 amide bonds. The number of alkyl halides is 1. The van der Waals surface area contributed by atoms with Gasteiger partial charge in [-0.2, -0.15) is 0 Å². The molecule has 122 valence electrons. The molecule has 0 aromatic rings. The maximum atomic E-state index is 2.54. The maximum absolute atomic E-state index is 2.54. The largest absolute Gasteiger partial charge is 0.0829 e. The van der Waals surface area contributed by atoms with Crippen molar-refractivity contribution in [3.8, 4) is 0 Å². The zero-order valence-corrected chi connectivity index (χ0v) is 16.4.